The van der Waals surface area contributed by atoms with E-state index in [1.165, 1.54) is 12.8 Å². The number of carbonyl (C=O) groups excluding carboxylic acids is 1. The standard InChI is InChI=1S/C16H23NO3/c1-10-4-3-5-13(11(10)2)17-16(18)12-6-7-14-15(8-12)20-9-19-14/h7-8,10-13H,3-6,9H2,1-2H3,(H,17,18). The number of hydrogen-bond acceptors (Lipinski definition) is 3. The van der Waals surface area contributed by atoms with Gasteiger partial charge >= 0.3 is 0 Å². The van der Waals surface area contributed by atoms with E-state index in [9.17, 15) is 4.79 Å². The minimum atomic E-state index is -0.125. The van der Waals surface area contributed by atoms with Gasteiger partial charge < -0.3 is 14.8 Å². The molecular weight excluding hydrogens is 254 g/mol. The molecule has 20 heavy (non-hydrogen) atoms. The zero-order valence-corrected chi connectivity index (χ0v) is 12.2. The first-order valence-electron chi connectivity index (χ1n) is 7.63. The maximum absolute atomic E-state index is 12.4. The Morgan fingerprint density at radius 2 is 2.05 bits per heavy atom. The van der Waals surface area contributed by atoms with E-state index >= 15 is 0 Å². The highest BCUT2D eigenvalue weighted by Crippen LogP contribution is 2.32. The maximum Gasteiger partial charge on any atom is 0.231 e. The summed E-state index contributed by atoms with van der Waals surface area (Å²) in [5.74, 6) is 2.75. The molecule has 3 aliphatic rings. The van der Waals surface area contributed by atoms with Gasteiger partial charge in [0.1, 0.15) is 0 Å². The van der Waals surface area contributed by atoms with Crippen molar-refractivity contribution in [2.24, 2.45) is 17.8 Å². The lowest BCUT2D eigenvalue weighted by molar-refractivity contribution is -0.125. The normalized spacial score (nSPS) is 36.1. The van der Waals surface area contributed by atoms with Crippen LogP contribution in [0.2, 0.25) is 0 Å². The summed E-state index contributed by atoms with van der Waals surface area (Å²) >= 11 is 0. The number of rotatable bonds is 2. The third kappa shape index (κ3) is 2.56. The van der Waals surface area contributed by atoms with Gasteiger partial charge in [-0.3, -0.25) is 4.79 Å². The van der Waals surface area contributed by atoms with Gasteiger partial charge in [-0.25, -0.2) is 0 Å². The summed E-state index contributed by atoms with van der Waals surface area (Å²) in [7, 11) is 0. The first-order valence-corrected chi connectivity index (χ1v) is 7.63. The van der Waals surface area contributed by atoms with Gasteiger partial charge in [-0.1, -0.05) is 26.7 Å². The Kier molecular flexibility index (Phi) is 3.72. The van der Waals surface area contributed by atoms with E-state index in [0.717, 1.165) is 17.9 Å². The first-order chi connectivity index (χ1) is 9.65. The quantitative estimate of drug-likeness (QED) is 0.844. The molecule has 2 fully saturated rings. The average molecular weight is 277 g/mol. The van der Waals surface area contributed by atoms with Gasteiger partial charge in [-0.2, -0.15) is 0 Å². The molecule has 3 rings (SSSR count). The predicted octanol–water partition coefficient (Wildman–Crippen LogP) is 2.72. The third-order valence-corrected chi connectivity index (χ3v) is 4.95. The van der Waals surface area contributed by atoms with Crippen LogP contribution in [-0.2, 0) is 14.3 Å². The Labute approximate surface area is 120 Å². The van der Waals surface area contributed by atoms with Crippen LogP contribution in [0.4, 0.5) is 0 Å². The second-order valence-electron chi connectivity index (χ2n) is 6.23. The van der Waals surface area contributed by atoms with Crippen LogP contribution in [0.15, 0.2) is 23.7 Å². The summed E-state index contributed by atoms with van der Waals surface area (Å²) in [5.41, 5.74) is 0. The summed E-state index contributed by atoms with van der Waals surface area (Å²) in [6, 6.07) is 0.316. The van der Waals surface area contributed by atoms with Crippen molar-refractivity contribution in [2.45, 2.75) is 45.6 Å². The second-order valence-corrected chi connectivity index (χ2v) is 6.23. The predicted molar refractivity (Wildman–Crippen MR) is 75.4 cm³/mol. The van der Waals surface area contributed by atoms with Crippen molar-refractivity contribution in [1.82, 2.24) is 5.32 Å². The molecule has 2 aliphatic carbocycles. The molecule has 0 bridgehead atoms. The lowest BCUT2D eigenvalue weighted by Crippen LogP contribution is -2.45. The molecule has 1 aliphatic heterocycles. The Balaban J connectivity index is 1.61. The highest BCUT2D eigenvalue weighted by Gasteiger charge is 2.31. The molecular formula is C16H23NO3. The van der Waals surface area contributed by atoms with Gasteiger partial charge in [0.15, 0.2) is 11.5 Å². The maximum atomic E-state index is 12.4. The molecule has 1 N–H and O–H groups in total. The zero-order chi connectivity index (χ0) is 14.1. The zero-order valence-electron chi connectivity index (χ0n) is 12.2. The van der Waals surface area contributed by atoms with E-state index in [2.05, 4.69) is 19.2 Å². The molecule has 4 nitrogen and oxygen atoms in total. The van der Waals surface area contributed by atoms with E-state index in [-0.39, 0.29) is 18.6 Å². The number of allylic oxidation sites excluding steroid dienone is 1. The lowest BCUT2D eigenvalue weighted by atomic mass is 9.78. The number of ether oxygens (including phenoxy) is 2. The number of fused-ring (bicyclic) bond motifs is 1. The lowest BCUT2D eigenvalue weighted by Gasteiger charge is -2.35. The van der Waals surface area contributed by atoms with Gasteiger partial charge in [0, 0.05) is 6.04 Å². The number of amides is 1. The van der Waals surface area contributed by atoms with Crippen molar-refractivity contribution in [2.75, 3.05) is 6.79 Å². The molecule has 1 saturated carbocycles. The number of carbonyl (C=O) groups is 1. The number of hydrogen-bond donors (Lipinski definition) is 1. The molecule has 1 heterocycles. The van der Waals surface area contributed by atoms with E-state index in [1.54, 1.807) is 0 Å². The van der Waals surface area contributed by atoms with Gasteiger partial charge in [-0.05, 0) is 36.8 Å². The van der Waals surface area contributed by atoms with Crippen molar-refractivity contribution < 1.29 is 14.3 Å². The van der Waals surface area contributed by atoms with E-state index in [4.69, 9.17) is 9.47 Å². The Hall–Kier alpha value is -1.45. The summed E-state index contributed by atoms with van der Waals surface area (Å²) in [6.07, 6.45) is 8.14. The molecule has 0 spiro atoms. The molecule has 1 saturated heterocycles. The fourth-order valence-electron chi connectivity index (χ4n) is 3.33. The molecule has 4 atom stereocenters. The van der Waals surface area contributed by atoms with Crippen LogP contribution in [0, 0.1) is 17.8 Å². The SMILES string of the molecule is CC1CCCC(NC(=O)C2C=C3OCOC3=CC2)C1C. The molecule has 1 amide bonds. The van der Waals surface area contributed by atoms with Gasteiger partial charge in [0.2, 0.25) is 12.7 Å². The molecule has 0 radical (unpaired) electrons. The molecule has 4 unspecified atom stereocenters. The Morgan fingerprint density at radius 3 is 2.90 bits per heavy atom. The van der Waals surface area contributed by atoms with Gasteiger partial charge in [-0.15, -0.1) is 0 Å². The highest BCUT2D eigenvalue weighted by molar-refractivity contribution is 5.81. The Bertz CT molecular complexity index is 455. The van der Waals surface area contributed by atoms with Crippen LogP contribution in [0.25, 0.3) is 0 Å². The molecule has 4 heteroatoms. The van der Waals surface area contributed by atoms with Gasteiger partial charge in [0.25, 0.3) is 0 Å². The smallest absolute Gasteiger partial charge is 0.231 e. The van der Waals surface area contributed by atoms with Crippen molar-refractivity contribution in [3.8, 4) is 0 Å². The summed E-state index contributed by atoms with van der Waals surface area (Å²) in [6.45, 7) is 4.80. The van der Waals surface area contributed by atoms with Gasteiger partial charge in [0.05, 0.1) is 5.92 Å². The second kappa shape index (κ2) is 5.51. The highest BCUT2D eigenvalue weighted by atomic mass is 16.7. The summed E-state index contributed by atoms with van der Waals surface area (Å²) in [5, 5.41) is 3.24. The van der Waals surface area contributed by atoms with Crippen LogP contribution in [-0.4, -0.2) is 18.7 Å². The van der Waals surface area contributed by atoms with Crippen LogP contribution in [0.5, 0.6) is 0 Å². The van der Waals surface area contributed by atoms with Crippen LogP contribution in [0.3, 0.4) is 0 Å². The fourth-order valence-corrected chi connectivity index (χ4v) is 3.33. The summed E-state index contributed by atoms with van der Waals surface area (Å²) < 4.78 is 10.7. The molecule has 0 aromatic rings. The fraction of sp³-hybridized carbons (Fsp3) is 0.688. The summed E-state index contributed by atoms with van der Waals surface area (Å²) in [4.78, 5) is 12.4. The minimum absolute atomic E-state index is 0.120. The van der Waals surface area contributed by atoms with Crippen LogP contribution in [0.1, 0.15) is 39.5 Å². The first kappa shape index (κ1) is 13.5. The largest absolute Gasteiger partial charge is 0.454 e. The molecule has 0 aromatic carbocycles. The van der Waals surface area contributed by atoms with E-state index in [1.807, 2.05) is 12.2 Å². The number of nitrogens with one attached hydrogen (secondary N) is 1. The monoisotopic (exact) mass is 277 g/mol. The van der Waals surface area contributed by atoms with Crippen molar-refractivity contribution in [1.29, 1.82) is 0 Å². The third-order valence-electron chi connectivity index (χ3n) is 4.95. The molecule has 110 valence electrons. The van der Waals surface area contributed by atoms with Crippen molar-refractivity contribution in [3.05, 3.63) is 23.7 Å². The van der Waals surface area contributed by atoms with Crippen LogP contribution < -0.4 is 5.32 Å². The Morgan fingerprint density at radius 1 is 1.25 bits per heavy atom. The van der Waals surface area contributed by atoms with E-state index < -0.39 is 0 Å². The van der Waals surface area contributed by atoms with Crippen molar-refractivity contribution >= 4 is 5.91 Å². The van der Waals surface area contributed by atoms with E-state index in [0.29, 0.717) is 24.3 Å². The molecule has 0 aromatic heterocycles. The minimum Gasteiger partial charge on any atom is -0.454 e. The van der Waals surface area contributed by atoms with Crippen molar-refractivity contribution in [3.63, 3.8) is 0 Å². The van der Waals surface area contributed by atoms with Crippen LogP contribution >= 0.6 is 0 Å². The average Bonchev–Trinajstić information content (AvgIpc) is 2.91. The topological polar surface area (TPSA) is 47.6 Å².